The number of esters is 2. The number of fused-ring (bicyclic) bond motifs is 1. The molecule has 0 saturated heterocycles. The van der Waals surface area contributed by atoms with E-state index in [2.05, 4.69) is 31.8 Å². The number of carbonyl (C=O) groups excluding carboxylic acids is 4. The van der Waals surface area contributed by atoms with Gasteiger partial charge in [0.05, 0.1) is 23.9 Å². The molecule has 0 bridgehead atoms. The average Bonchev–Trinajstić information content (AvgIpc) is 3.28. The number of nitrogens with one attached hydrogen (secondary N) is 2. The summed E-state index contributed by atoms with van der Waals surface area (Å²) in [7, 11) is 0. The van der Waals surface area contributed by atoms with Crippen molar-refractivity contribution in [3.63, 3.8) is 0 Å². The van der Waals surface area contributed by atoms with Crippen LogP contribution in [0.2, 0.25) is 5.02 Å². The maximum atomic E-state index is 12.6. The van der Waals surface area contributed by atoms with Gasteiger partial charge in [-0.15, -0.1) is 11.3 Å². The zero-order valence-corrected chi connectivity index (χ0v) is 23.9. The number of hydrazone groups is 1. The Bertz CT molecular complexity index is 1450. The first-order chi connectivity index (χ1) is 18.8. The third-order valence-corrected chi connectivity index (χ3v) is 7.66. The summed E-state index contributed by atoms with van der Waals surface area (Å²) in [5, 5.41) is 7.15. The van der Waals surface area contributed by atoms with Gasteiger partial charge in [0, 0.05) is 19.9 Å². The number of benzene rings is 2. The van der Waals surface area contributed by atoms with Gasteiger partial charge in [-0.25, -0.2) is 15.0 Å². The second-order valence-corrected chi connectivity index (χ2v) is 10.8. The van der Waals surface area contributed by atoms with Crippen molar-refractivity contribution in [2.75, 3.05) is 11.9 Å². The van der Waals surface area contributed by atoms with Crippen LogP contribution < -0.4 is 15.5 Å². The molecule has 0 fully saturated rings. The summed E-state index contributed by atoms with van der Waals surface area (Å²) in [6.45, 7) is 1.90. The zero-order valence-electron chi connectivity index (χ0n) is 20.7. The van der Waals surface area contributed by atoms with E-state index in [1.54, 1.807) is 37.3 Å². The fraction of sp³-hybridized carbons (Fsp3) is 0.222. The Hall–Kier alpha value is -3.54. The van der Waals surface area contributed by atoms with Crippen LogP contribution in [0.15, 0.2) is 52.0 Å². The van der Waals surface area contributed by atoms with Gasteiger partial charge in [-0.05, 0) is 80.6 Å². The molecule has 9 nitrogen and oxygen atoms in total. The highest BCUT2D eigenvalue weighted by molar-refractivity contribution is 9.10. The van der Waals surface area contributed by atoms with Crippen LogP contribution in [0.4, 0.5) is 5.00 Å². The normalized spacial score (nSPS) is 12.5. The Balaban J connectivity index is 1.44. The lowest BCUT2D eigenvalue weighted by Crippen LogP contribution is -2.32. The molecule has 0 aliphatic heterocycles. The molecule has 1 aliphatic carbocycles. The van der Waals surface area contributed by atoms with Crippen molar-refractivity contribution in [2.45, 2.75) is 32.6 Å². The number of hydrogen-bond donors (Lipinski definition) is 2. The summed E-state index contributed by atoms with van der Waals surface area (Å²) in [6, 6.07) is 11.1. The van der Waals surface area contributed by atoms with Crippen molar-refractivity contribution >= 4 is 73.8 Å². The van der Waals surface area contributed by atoms with Gasteiger partial charge in [0.2, 0.25) is 0 Å². The van der Waals surface area contributed by atoms with E-state index in [0.717, 1.165) is 29.7 Å². The molecule has 0 unspecified atom stereocenters. The minimum atomic E-state index is -1.04. The topological polar surface area (TPSA) is 123 Å². The number of amides is 2. The van der Waals surface area contributed by atoms with Crippen molar-refractivity contribution in [1.29, 1.82) is 0 Å². The lowest BCUT2D eigenvalue weighted by molar-refractivity contribution is -0.136. The molecule has 0 saturated carbocycles. The predicted molar refractivity (Wildman–Crippen MR) is 152 cm³/mol. The highest BCUT2D eigenvalue weighted by atomic mass is 79.9. The first-order valence-electron chi connectivity index (χ1n) is 12.0. The summed E-state index contributed by atoms with van der Waals surface area (Å²) < 4.78 is 11.3. The number of ether oxygens (including phenoxy) is 2. The second-order valence-electron chi connectivity index (χ2n) is 8.37. The number of nitrogens with zero attached hydrogens (tertiary/aromatic N) is 1. The number of hydrogen-bond acceptors (Lipinski definition) is 8. The first kappa shape index (κ1) is 28.5. The van der Waals surface area contributed by atoms with Crippen LogP contribution in [0, 0.1) is 0 Å². The van der Waals surface area contributed by atoms with Gasteiger partial charge in [-0.1, -0.05) is 27.5 Å². The zero-order chi connectivity index (χ0) is 27.9. The quantitative estimate of drug-likeness (QED) is 0.116. The van der Waals surface area contributed by atoms with Gasteiger partial charge >= 0.3 is 23.8 Å². The average molecular weight is 633 g/mol. The molecule has 2 aromatic carbocycles. The Morgan fingerprint density at radius 1 is 1.05 bits per heavy atom. The molecule has 2 amide bonds. The summed E-state index contributed by atoms with van der Waals surface area (Å²) >= 11 is 10.5. The highest BCUT2D eigenvalue weighted by Crippen LogP contribution is 2.38. The largest absolute Gasteiger partial charge is 0.462 e. The van der Waals surface area contributed by atoms with Crippen LogP contribution in [0.1, 0.15) is 56.5 Å². The summed E-state index contributed by atoms with van der Waals surface area (Å²) in [5.74, 6) is -2.98. The van der Waals surface area contributed by atoms with Crippen molar-refractivity contribution < 1.29 is 28.7 Å². The third kappa shape index (κ3) is 7.11. The third-order valence-electron chi connectivity index (χ3n) is 5.71. The van der Waals surface area contributed by atoms with Crippen LogP contribution >= 0.6 is 38.9 Å². The molecule has 39 heavy (non-hydrogen) atoms. The van der Waals surface area contributed by atoms with Gasteiger partial charge in [0.1, 0.15) is 10.8 Å². The molecule has 0 atom stereocenters. The van der Waals surface area contributed by atoms with Gasteiger partial charge < -0.3 is 14.8 Å². The maximum Gasteiger partial charge on any atom is 0.343 e. The minimum absolute atomic E-state index is 0.184. The van der Waals surface area contributed by atoms with Crippen LogP contribution in [0.25, 0.3) is 0 Å². The smallest absolute Gasteiger partial charge is 0.343 e. The summed E-state index contributed by atoms with van der Waals surface area (Å²) in [6.07, 6.45) is 4.69. The van der Waals surface area contributed by atoms with E-state index >= 15 is 0 Å². The fourth-order valence-corrected chi connectivity index (χ4v) is 5.68. The Morgan fingerprint density at radius 2 is 1.79 bits per heavy atom. The van der Waals surface area contributed by atoms with E-state index < -0.39 is 23.8 Å². The molecule has 1 heterocycles. The lowest BCUT2D eigenvalue weighted by atomic mass is 9.95. The molecule has 3 aromatic rings. The molecular weight excluding hydrogens is 610 g/mol. The maximum absolute atomic E-state index is 12.6. The molecule has 0 spiro atoms. The first-order valence-corrected chi connectivity index (χ1v) is 14.0. The van der Waals surface area contributed by atoms with Gasteiger partial charge in [-0.3, -0.25) is 9.59 Å². The van der Waals surface area contributed by atoms with Gasteiger partial charge in [0.15, 0.2) is 0 Å². The van der Waals surface area contributed by atoms with Crippen LogP contribution in [-0.2, 0) is 27.2 Å². The molecular formula is C27H23BrClN3O6S. The molecule has 0 radical (unpaired) electrons. The van der Waals surface area contributed by atoms with Crippen molar-refractivity contribution in [1.82, 2.24) is 5.43 Å². The molecule has 2 N–H and O–H groups in total. The number of rotatable bonds is 7. The monoisotopic (exact) mass is 631 g/mol. The fourth-order valence-electron chi connectivity index (χ4n) is 3.90. The van der Waals surface area contributed by atoms with E-state index in [0.29, 0.717) is 32.6 Å². The van der Waals surface area contributed by atoms with Crippen LogP contribution in [0.3, 0.4) is 0 Å². The highest BCUT2D eigenvalue weighted by Gasteiger charge is 2.28. The van der Waals surface area contributed by atoms with E-state index in [4.69, 9.17) is 21.1 Å². The Kier molecular flexibility index (Phi) is 9.50. The molecule has 1 aliphatic rings. The summed E-state index contributed by atoms with van der Waals surface area (Å²) in [5.41, 5.74) is 4.00. The second kappa shape index (κ2) is 13.0. The SMILES string of the molecule is CCOC(=O)c1c(NC(=O)C(=O)N/N=C/c2cc(Br)ccc2OC(=O)c2ccc(Cl)cc2)sc2c1CCCC2. The predicted octanol–water partition coefficient (Wildman–Crippen LogP) is 5.53. The van der Waals surface area contributed by atoms with E-state index in [1.807, 2.05) is 0 Å². The van der Waals surface area contributed by atoms with E-state index in [1.165, 1.54) is 29.7 Å². The minimum Gasteiger partial charge on any atom is -0.462 e. The van der Waals surface area contributed by atoms with Gasteiger partial charge in [0.25, 0.3) is 0 Å². The lowest BCUT2D eigenvalue weighted by Gasteiger charge is -2.12. The summed E-state index contributed by atoms with van der Waals surface area (Å²) in [4.78, 5) is 51.2. The molecule has 4 rings (SSSR count). The molecule has 1 aromatic heterocycles. The Labute approximate surface area is 241 Å². The van der Waals surface area contributed by atoms with Gasteiger partial charge in [-0.2, -0.15) is 5.10 Å². The van der Waals surface area contributed by atoms with Crippen LogP contribution in [0.5, 0.6) is 5.75 Å². The number of aryl methyl sites for hydroxylation is 1. The molecule has 12 heteroatoms. The molecule has 202 valence electrons. The number of anilines is 1. The van der Waals surface area contributed by atoms with E-state index in [-0.39, 0.29) is 17.4 Å². The number of carbonyl (C=O) groups is 4. The van der Waals surface area contributed by atoms with E-state index in [9.17, 15) is 19.2 Å². The number of halogens is 2. The standard InChI is InChI=1S/C27H23BrClN3O6S/c1-2-37-27(36)22-19-5-3-4-6-21(19)39-25(22)31-23(33)24(34)32-30-14-16-13-17(28)9-12-20(16)38-26(35)15-7-10-18(29)11-8-15/h7-14H,2-6H2,1H3,(H,31,33)(H,32,34)/b30-14+. The van der Waals surface area contributed by atoms with Crippen molar-refractivity contribution in [2.24, 2.45) is 5.10 Å². The van der Waals surface area contributed by atoms with Crippen molar-refractivity contribution in [3.05, 3.63) is 79.1 Å². The Morgan fingerprint density at radius 3 is 2.54 bits per heavy atom. The van der Waals surface area contributed by atoms with Crippen LogP contribution in [-0.4, -0.2) is 36.6 Å². The number of thiophene rings is 1. The van der Waals surface area contributed by atoms with Crippen molar-refractivity contribution in [3.8, 4) is 5.75 Å².